The number of fused-ring (bicyclic) bond motifs is 1. The third kappa shape index (κ3) is 4.75. The summed E-state index contributed by atoms with van der Waals surface area (Å²) in [6.45, 7) is 4.85. The molecular weight excluding hydrogens is 430 g/mol. The second-order valence-corrected chi connectivity index (χ2v) is 9.53. The maximum absolute atomic E-state index is 13.5. The third-order valence-electron chi connectivity index (χ3n) is 7.39. The molecule has 0 radical (unpaired) electrons. The lowest BCUT2D eigenvalue weighted by atomic mass is 9.94. The minimum atomic E-state index is -0.142. The van der Waals surface area contributed by atoms with Gasteiger partial charge in [0.25, 0.3) is 5.91 Å². The average molecular weight is 464 g/mol. The van der Waals surface area contributed by atoms with E-state index in [1.807, 2.05) is 30.0 Å². The van der Waals surface area contributed by atoms with Gasteiger partial charge in [0, 0.05) is 31.7 Å². The quantitative estimate of drug-likeness (QED) is 0.709. The number of carbonyl (C=O) groups is 2. The molecule has 0 aromatic heterocycles. The Morgan fingerprint density at radius 2 is 1.65 bits per heavy atom. The largest absolute Gasteiger partial charge is 0.454 e. The first kappa shape index (κ1) is 22.7. The molecule has 2 heterocycles. The molecule has 2 aromatic carbocycles. The van der Waals surface area contributed by atoms with Gasteiger partial charge in [-0.05, 0) is 49.4 Å². The van der Waals surface area contributed by atoms with Gasteiger partial charge >= 0.3 is 0 Å². The molecule has 1 saturated heterocycles. The predicted molar refractivity (Wildman–Crippen MR) is 129 cm³/mol. The number of rotatable bonds is 6. The van der Waals surface area contributed by atoms with Gasteiger partial charge in [-0.2, -0.15) is 0 Å². The van der Waals surface area contributed by atoms with E-state index in [4.69, 9.17) is 9.47 Å². The number of piperazine rings is 1. The van der Waals surface area contributed by atoms with Crippen molar-refractivity contribution in [2.24, 2.45) is 5.92 Å². The lowest BCUT2D eigenvalue weighted by Crippen LogP contribution is -2.58. The molecule has 7 heteroatoms. The van der Waals surface area contributed by atoms with Gasteiger partial charge in [-0.3, -0.25) is 14.5 Å². The fourth-order valence-corrected chi connectivity index (χ4v) is 5.49. The molecule has 2 fully saturated rings. The zero-order valence-electron chi connectivity index (χ0n) is 19.7. The normalized spacial score (nSPS) is 20.2. The summed E-state index contributed by atoms with van der Waals surface area (Å²) in [5.41, 5.74) is 1.72. The molecule has 1 aliphatic carbocycles. The van der Waals surface area contributed by atoms with Crippen LogP contribution in [-0.4, -0.2) is 60.6 Å². The van der Waals surface area contributed by atoms with Crippen molar-refractivity contribution in [3.63, 3.8) is 0 Å². The standard InChI is InChI=1S/C27H33N3O4/c1-19(20-7-3-2-4-8-20)28-26(31)25(21-9-5-6-10-21)29-13-15-30(16-14-29)27(32)22-11-12-23-24(17-22)34-18-33-23/h2-4,7-8,11-12,17,19,21,25H,5-6,9-10,13-16,18H2,1H3,(H,28,31). The van der Waals surface area contributed by atoms with Crippen LogP contribution in [0.2, 0.25) is 0 Å². The summed E-state index contributed by atoms with van der Waals surface area (Å²) in [4.78, 5) is 30.8. The Bertz CT molecular complexity index is 1010. The van der Waals surface area contributed by atoms with E-state index in [-0.39, 0.29) is 30.7 Å². The Kier molecular flexibility index (Phi) is 6.72. The molecule has 2 unspecified atom stereocenters. The van der Waals surface area contributed by atoms with Crippen LogP contribution in [0.4, 0.5) is 0 Å². The molecule has 2 aromatic rings. The van der Waals surface area contributed by atoms with Crippen molar-refractivity contribution < 1.29 is 19.1 Å². The van der Waals surface area contributed by atoms with Gasteiger partial charge in [-0.25, -0.2) is 0 Å². The van der Waals surface area contributed by atoms with Crippen molar-refractivity contribution in [2.75, 3.05) is 33.0 Å². The van der Waals surface area contributed by atoms with E-state index < -0.39 is 0 Å². The monoisotopic (exact) mass is 463 g/mol. The minimum Gasteiger partial charge on any atom is -0.454 e. The lowest BCUT2D eigenvalue weighted by Gasteiger charge is -2.41. The van der Waals surface area contributed by atoms with Crippen LogP contribution in [0.15, 0.2) is 48.5 Å². The molecule has 34 heavy (non-hydrogen) atoms. The fourth-order valence-electron chi connectivity index (χ4n) is 5.49. The predicted octanol–water partition coefficient (Wildman–Crippen LogP) is 3.61. The first-order valence-electron chi connectivity index (χ1n) is 12.4. The number of ether oxygens (including phenoxy) is 2. The Labute approximate surface area is 201 Å². The van der Waals surface area contributed by atoms with Gasteiger partial charge in [0.2, 0.25) is 12.7 Å². The number of nitrogens with one attached hydrogen (secondary N) is 1. The highest BCUT2D eigenvalue weighted by molar-refractivity contribution is 5.95. The van der Waals surface area contributed by atoms with Crippen molar-refractivity contribution in [1.82, 2.24) is 15.1 Å². The van der Waals surface area contributed by atoms with Crippen LogP contribution in [0.1, 0.15) is 54.6 Å². The van der Waals surface area contributed by atoms with Gasteiger partial charge in [-0.15, -0.1) is 0 Å². The van der Waals surface area contributed by atoms with E-state index in [1.54, 1.807) is 18.2 Å². The van der Waals surface area contributed by atoms with Crippen molar-refractivity contribution >= 4 is 11.8 Å². The molecule has 1 N–H and O–H groups in total. The average Bonchev–Trinajstić information content (AvgIpc) is 3.57. The van der Waals surface area contributed by atoms with Gasteiger partial charge in [0.05, 0.1) is 12.1 Å². The number of carbonyl (C=O) groups excluding carboxylic acids is 2. The molecule has 7 nitrogen and oxygen atoms in total. The van der Waals surface area contributed by atoms with E-state index in [9.17, 15) is 9.59 Å². The summed E-state index contributed by atoms with van der Waals surface area (Å²) in [7, 11) is 0. The summed E-state index contributed by atoms with van der Waals surface area (Å²) in [5, 5.41) is 3.27. The topological polar surface area (TPSA) is 71.1 Å². The highest BCUT2D eigenvalue weighted by Gasteiger charge is 2.38. The SMILES string of the molecule is CC(NC(=O)C(C1CCCC1)N1CCN(C(=O)c2ccc3c(c2)OCO3)CC1)c1ccccc1. The van der Waals surface area contributed by atoms with E-state index in [2.05, 4.69) is 22.3 Å². The zero-order valence-corrected chi connectivity index (χ0v) is 19.7. The maximum Gasteiger partial charge on any atom is 0.254 e. The highest BCUT2D eigenvalue weighted by atomic mass is 16.7. The molecule has 1 saturated carbocycles. The van der Waals surface area contributed by atoms with E-state index in [1.165, 1.54) is 12.8 Å². The number of nitrogens with zero attached hydrogens (tertiary/aromatic N) is 2. The van der Waals surface area contributed by atoms with Crippen LogP contribution >= 0.6 is 0 Å². The summed E-state index contributed by atoms with van der Waals surface area (Å²) in [6, 6.07) is 15.3. The number of benzene rings is 2. The summed E-state index contributed by atoms with van der Waals surface area (Å²) >= 11 is 0. The van der Waals surface area contributed by atoms with Crippen LogP contribution in [0, 0.1) is 5.92 Å². The van der Waals surface area contributed by atoms with Gasteiger partial charge in [-0.1, -0.05) is 43.2 Å². The molecular formula is C27H33N3O4. The van der Waals surface area contributed by atoms with Crippen molar-refractivity contribution in [1.29, 1.82) is 0 Å². The fraction of sp³-hybridized carbons (Fsp3) is 0.481. The zero-order chi connectivity index (χ0) is 23.5. The Hall–Kier alpha value is -3.06. The van der Waals surface area contributed by atoms with Gasteiger partial charge in [0.15, 0.2) is 11.5 Å². The summed E-state index contributed by atoms with van der Waals surface area (Å²) < 4.78 is 10.8. The van der Waals surface area contributed by atoms with Crippen molar-refractivity contribution in [3.05, 3.63) is 59.7 Å². The Balaban J connectivity index is 1.24. The molecule has 180 valence electrons. The molecule has 2 aliphatic heterocycles. The van der Waals surface area contributed by atoms with Crippen molar-refractivity contribution in [2.45, 2.75) is 44.7 Å². The second kappa shape index (κ2) is 10.1. The summed E-state index contributed by atoms with van der Waals surface area (Å²) in [6.07, 6.45) is 4.55. The summed E-state index contributed by atoms with van der Waals surface area (Å²) in [5.74, 6) is 1.78. The smallest absolute Gasteiger partial charge is 0.254 e. The lowest BCUT2D eigenvalue weighted by molar-refractivity contribution is -0.129. The third-order valence-corrected chi connectivity index (χ3v) is 7.39. The molecule has 2 atom stereocenters. The first-order valence-corrected chi connectivity index (χ1v) is 12.4. The maximum atomic E-state index is 13.5. The highest BCUT2D eigenvalue weighted by Crippen LogP contribution is 2.34. The van der Waals surface area contributed by atoms with Crippen molar-refractivity contribution in [3.8, 4) is 11.5 Å². The number of hydrogen-bond donors (Lipinski definition) is 1. The van der Waals surface area contributed by atoms with Crippen LogP contribution in [0.5, 0.6) is 11.5 Å². The van der Waals surface area contributed by atoms with Crippen LogP contribution in [-0.2, 0) is 4.79 Å². The van der Waals surface area contributed by atoms with E-state index >= 15 is 0 Å². The number of hydrogen-bond acceptors (Lipinski definition) is 5. The van der Waals surface area contributed by atoms with Gasteiger partial charge in [0.1, 0.15) is 0 Å². The Morgan fingerprint density at radius 1 is 0.941 bits per heavy atom. The molecule has 3 aliphatic rings. The molecule has 5 rings (SSSR count). The molecule has 0 bridgehead atoms. The second-order valence-electron chi connectivity index (χ2n) is 9.53. The minimum absolute atomic E-state index is 0.00230. The van der Waals surface area contributed by atoms with Crippen LogP contribution < -0.4 is 14.8 Å². The first-order chi connectivity index (χ1) is 16.6. The van der Waals surface area contributed by atoms with Crippen LogP contribution in [0.3, 0.4) is 0 Å². The number of amides is 2. The van der Waals surface area contributed by atoms with Gasteiger partial charge < -0.3 is 19.7 Å². The molecule has 0 spiro atoms. The Morgan fingerprint density at radius 3 is 2.38 bits per heavy atom. The van der Waals surface area contributed by atoms with E-state index in [0.29, 0.717) is 49.2 Å². The molecule has 2 amide bonds. The van der Waals surface area contributed by atoms with Crippen LogP contribution in [0.25, 0.3) is 0 Å². The van der Waals surface area contributed by atoms with E-state index in [0.717, 1.165) is 18.4 Å².